The van der Waals surface area contributed by atoms with E-state index in [9.17, 15) is 4.79 Å². The lowest BCUT2D eigenvalue weighted by Gasteiger charge is -2.19. The van der Waals surface area contributed by atoms with E-state index in [-0.39, 0.29) is 19.2 Å². The predicted molar refractivity (Wildman–Crippen MR) is 106 cm³/mol. The van der Waals surface area contributed by atoms with Gasteiger partial charge in [-0.3, -0.25) is 4.79 Å². The summed E-state index contributed by atoms with van der Waals surface area (Å²) in [4.78, 5) is 19.3. The highest BCUT2D eigenvalue weighted by Crippen LogP contribution is 2.32. The van der Waals surface area contributed by atoms with Crippen LogP contribution in [0.2, 0.25) is 0 Å². The van der Waals surface area contributed by atoms with Gasteiger partial charge >= 0.3 is 0 Å². The normalized spacial score (nSPS) is 12.5. The van der Waals surface area contributed by atoms with Gasteiger partial charge in [-0.25, -0.2) is 4.98 Å². The molecule has 140 valence electrons. The Morgan fingerprint density at radius 1 is 1.22 bits per heavy atom. The van der Waals surface area contributed by atoms with Gasteiger partial charge in [0.25, 0.3) is 0 Å². The molecular weight excluding hydrogens is 362 g/mol. The Kier molecular flexibility index (Phi) is 4.94. The number of nitrogens with zero attached hydrogens (tertiary/aromatic N) is 3. The number of carbonyl (C=O) groups excluding carboxylic acids is 1. The van der Waals surface area contributed by atoms with Crippen LogP contribution >= 0.6 is 11.8 Å². The molecule has 0 unspecified atom stereocenters. The van der Waals surface area contributed by atoms with Gasteiger partial charge in [-0.15, -0.1) is 0 Å². The van der Waals surface area contributed by atoms with Crippen LogP contribution in [0.25, 0.3) is 11.0 Å². The number of rotatable bonds is 6. The first-order valence-corrected chi connectivity index (χ1v) is 10.1. The maximum atomic E-state index is 12.9. The molecule has 0 spiro atoms. The van der Waals surface area contributed by atoms with E-state index >= 15 is 0 Å². The van der Waals surface area contributed by atoms with Crippen LogP contribution in [-0.4, -0.2) is 40.5 Å². The van der Waals surface area contributed by atoms with Crippen molar-refractivity contribution < 1.29 is 14.3 Å². The predicted octanol–water partition coefficient (Wildman–Crippen LogP) is 3.29. The number of thioether (sulfide) groups is 1. The van der Waals surface area contributed by atoms with Crippen molar-refractivity contribution in [1.82, 2.24) is 14.5 Å². The Hall–Kier alpha value is -2.67. The van der Waals surface area contributed by atoms with Gasteiger partial charge in [-0.05, 0) is 36.1 Å². The fourth-order valence-electron chi connectivity index (χ4n) is 3.20. The van der Waals surface area contributed by atoms with E-state index in [4.69, 9.17) is 9.47 Å². The number of hydrogen-bond acceptors (Lipinski definition) is 5. The molecule has 1 aromatic heterocycles. The molecule has 3 aromatic rings. The number of carbonyl (C=O) groups is 1. The number of benzene rings is 2. The number of ether oxygens (including phenoxy) is 2. The minimum absolute atomic E-state index is 0.0400. The van der Waals surface area contributed by atoms with Crippen LogP contribution in [-0.2, 0) is 23.6 Å². The fraction of sp³-hybridized carbons (Fsp3) is 0.300. The summed E-state index contributed by atoms with van der Waals surface area (Å²) in [5.41, 5.74) is 2.93. The molecule has 1 aliphatic heterocycles. The van der Waals surface area contributed by atoms with Crippen LogP contribution < -0.4 is 9.47 Å². The van der Waals surface area contributed by atoms with E-state index in [0.717, 1.165) is 39.7 Å². The monoisotopic (exact) mass is 383 g/mol. The number of para-hydroxylation sites is 2. The summed E-state index contributed by atoms with van der Waals surface area (Å²) >= 11 is 1.70. The first-order valence-electron chi connectivity index (χ1n) is 8.71. The lowest BCUT2D eigenvalue weighted by molar-refractivity contribution is -0.131. The molecule has 2 aromatic carbocycles. The Labute approximate surface area is 162 Å². The maximum absolute atomic E-state index is 12.9. The van der Waals surface area contributed by atoms with Gasteiger partial charge in [0.2, 0.25) is 12.7 Å². The molecule has 27 heavy (non-hydrogen) atoms. The van der Waals surface area contributed by atoms with Gasteiger partial charge in [-0.2, -0.15) is 11.8 Å². The zero-order valence-corrected chi connectivity index (χ0v) is 16.2. The van der Waals surface area contributed by atoms with Crippen LogP contribution in [0.1, 0.15) is 11.4 Å². The molecule has 2 heterocycles. The Bertz CT molecular complexity index is 986. The molecule has 1 aliphatic rings. The number of imidazole rings is 1. The van der Waals surface area contributed by atoms with Crippen LogP contribution in [0, 0.1) is 0 Å². The second-order valence-corrected chi connectivity index (χ2v) is 7.34. The molecule has 4 rings (SSSR count). The van der Waals surface area contributed by atoms with Crippen molar-refractivity contribution in [3.8, 4) is 11.5 Å². The number of amides is 1. The van der Waals surface area contributed by atoms with Crippen molar-refractivity contribution in [3.05, 3.63) is 53.9 Å². The third-order valence-electron chi connectivity index (χ3n) is 4.58. The summed E-state index contributed by atoms with van der Waals surface area (Å²) in [6.45, 7) is 1.04. The third kappa shape index (κ3) is 3.60. The average Bonchev–Trinajstić information content (AvgIpc) is 3.26. The molecule has 0 saturated heterocycles. The number of likely N-dealkylation sites (N-methyl/N-ethyl adjacent to an activating group) is 1. The molecule has 1 amide bonds. The quantitative estimate of drug-likeness (QED) is 0.654. The molecular formula is C20H21N3O3S. The second-order valence-electron chi connectivity index (χ2n) is 6.47. The van der Waals surface area contributed by atoms with Crippen molar-refractivity contribution in [2.75, 3.05) is 20.1 Å². The third-order valence-corrected chi connectivity index (χ3v) is 5.13. The van der Waals surface area contributed by atoms with E-state index in [1.54, 1.807) is 16.7 Å². The van der Waals surface area contributed by atoms with Crippen LogP contribution in [0.4, 0.5) is 0 Å². The molecule has 0 N–H and O–H groups in total. The van der Waals surface area contributed by atoms with Crippen LogP contribution in [0.5, 0.6) is 11.5 Å². The number of fused-ring (bicyclic) bond motifs is 2. The second kappa shape index (κ2) is 7.52. The molecule has 0 bridgehead atoms. The van der Waals surface area contributed by atoms with E-state index in [1.165, 1.54) is 0 Å². The van der Waals surface area contributed by atoms with Crippen molar-refractivity contribution in [2.45, 2.75) is 18.8 Å². The van der Waals surface area contributed by atoms with E-state index in [2.05, 4.69) is 4.98 Å². The molecule has 0 aliphatic carbocycles. The first-order chi connectivity index (χ1) is 13.2. The van der Waals surface area contributed by atoms with Crippen molar-refractivity contribution in [2.24, 2.45) is 0 Å². The lowest BCUT2D eigenvalue weighted by Crippen LogP contribution is -2.30. The van der Waals surface area contributed by atoms with Crippen molar-refractivity contribution >= 4 is 28.7 Å². The summed E-state index contributed by atoms with van der Waals surface area (Å²) in [6, 6.07) is 13.7. The van der Waals surface area contributed by atoms with Crippen LogP contribution in [0.15, 0.2) is 42.5 Å². The minimum atomic E-state index is 0.0400. The number of aromatic nitrogens is 2. The van der Waals surface area contributed by atoms with E-state index in [0.29, 0.717) is 6.54 Å². The molecule has 0 radical (unpaired) electrons. The molecule has 0 saturated carbocycles. The fourth-order valence-corrected chi connectivity index (χ4v) is 3.68. The number of hydrogen-bond donors (Lipinski definition) is 0. The Balaban J connectivity index is 1.51. The van der Waals surface area contributed by atoms with Crippen molar-refractivity contribution in [1.29, 1.82) is 0 Å². The minimum Gasteiger partial charge on any atom is -0.454 e. The van der Waals surface area contributed by atoms with Gasteiger partial charge in [0, 0.05) is 13.6 Å². The zero-order chi connectivity index (χ0) is 18.8. The highest BCUT2D eigenvalue weighted by Gasteiger charge is 2.18. The highest BCUT2D eigenvalue weighted by molar-refractivity contribution is 7.97. The van der Waals surface area contributed by atoms with Gasteiger partial charge in [0.1, 0.15) is 12.4 Å². The first kappa shape index (κ1) is 17.7. The van der Waals surface area contributed by atoms with Gasteiger partial charge in [0.05, 0.1) is 16.8 Å². The maximum Gasteiger partial charge on any atom is 0.242 e. The summed E-state index contributed by atoms with van der Waals surface area (Å²) in [5, 5.41) is 0. The zero-order valence-electron chi connectivity index (χ0n) is 15.3. The van der Waals surface area contributed by atoms with Gasteiger partial charge in [-0.1, -0.05) is 18.2 Å². The standard InChI is InChI=1S/C20H21N3O3S/c1-22(10-14-7-8-17-18(9-14)26-13-25-17)20(24)11-23-16-6-4-3-5-15(16)21-19(23)12-27-2/h3-9H,10-13H2,1-2H3. The summed E-state index contributed by atoms with van der Waals surface area (Å²) < 4.78 is 12.8. The smallest absolute Gasteiger partial charge is 0.242 e. The summed E-state index contributed by atoms with van der Waals surface area (Å²) in [7, 11) is 1.82. The van der Waals surface area contributed by atoms with Crippen molar-refractivity contribution in [3.63, 3.8) is 0 Å². The van der Waals surface area contributed by atoms with E-state index < -0.39 is 0 Å². The van der Waals surface area contributed by atoms with Crippen LogP contribution in [0.3, 0.4) is 0 Å². The van der Waals surface area contributed by atoms with Gasteiger partial charge in [0.15, 0.2) is 11.5 Å². The Morgan fingerprint density at radius 3 is 2.89 bits per heavy atom. The highest BCUT2D eigenvalue weighted by atomic mass is 32.2. The lowest BCUT2D eigenvalue weighted by atomic mass is 10.2. The molecule has 6 nitrogen and oxygen atoms in total. The topological polar surface area (TPSA) is 56.6 Å². The SMILES string of the molecule is CSCc1nc2ccccc2n1CC(=O)N(C)Cc1ccc2c(c1)OCO2. The molecule has 0 fully saturated rings. The van der Waals surface area contributed by atoms with E-state index in [1.807, 2.05) is 60.3 Å². The molecule has 0 atom stereocenters. The average molecular weight is 383 g/mol. The summed E-state index contributed by atoms with van der Waals surface area (Å²) in [6.07, 6.45) is 2.04. The molecule has 7 heteroatoms. The Morgan fingerprint density at radius 2 is 2.04 bits per heavy atom. The van der Waals surface area contributed by atoms with Gasteiger partial charge < -0.3 is 18.9 Å². The summed E-state index contributed by atoms with van der Waals surface area (Å²) in [5.74, 6) is 3.22. The largest absolute Gasteiger partial charge is 0.454 e.